The van der Waals surface area contributed by atoms with E-state index >= 15 is 0 Å². The van der Waals surface area contributed by atoms with E-state index < -0.39 is 0 Å². The molecule has 0 aromatic carbocycles. The predicted molar refractivity (Wildman–Crippen MR) is 40.6 cm³/mol. The average Bonchev–Trinajstić information content (AvgIpc) is 2.71. The van der Waals surface area contributed by atoms with Gasteiger partial charge in [-0.1, -0.05) is 0 Å². The van der Waals surface area contributed by atoms with Crippen molar-refractivity contribution in [3.63, 3.8) is 0 Å². The first kappa shape index (κ1) is 6.31. The maximum Gasteiger partial charge on any atom is 0.107 e. The summed E-state index contributed by atoms with van der Waals surface area (Å²) in [6, 6.07) is 1.97. The summed E-state index contributed by atoms with van der Waals surface area (Å²) in [5.74, 6) is 0. The Bertz CT molecular complexity index is 247. The Morgan fingerprint density at radius 3 is 3.10 bits per heavy atom. The van der Waals surface area contributed by atoms with Gasteiger partial charge >= 0.3 is 0 Å². The fourth-order valence-corrected chi connectivity index (χ4v) is 1.38. The highest BCUT2D eigenvalue weighted by Crippen LogP contribution is 2.33. The third-order valence-electron chi connectivity index (χ3n) is 1.48. The molecule has 1 aromatic heterocycles. The number of halogens is 1. The van der Waals surface area contributed by atoms with Crippen molar-refractivity contribution >= 4 is 15.9 Å². The smallest absolute Gasteiger partial charge is 0.107 e. The number of hydrogen-bond donors (Lipinski definition) is 0. The van der Waals surface area contributed by atoms with Crippen LogP contribution >= 0.6 is 15.9 Å². The number of ether oxygens (including phenoxy) is 1. The number of hydrogen-bond acceptors (Lipinski definition) is 2. The first-order valence-electron chi connectivity index (χ1n) is 3.09. The second kappa shape index (κ2) is 2.32. The highest BCUT2D eigenvalue weighted by Gasteiger charge is 2.26. The maximum absolute atomic E-state index is 5.12. The normalized spacial score (nSPS) is 22.7. The Balaban J connectivity index is 2.39. The monoisotopic (exact) mass is 199 g/mol. The van der Waals surface area contributed by atoms with Crippen molar-refractivity contribution in [1.82, 2.24) is 4.98 Å². The minimum absolute atomic E-state index is 0.317. The zero-order valence-corrected chi connectivity index (χ0v) is 6.84. The largest absolute Gasteiger partial charge is 0.368 e. The van der Waals surface area contributed by atoms with Crippen LogP contribution in [0.15, 0.2) is 22.9 Å². The average molecular weight is 200 g/mol. The number of epoxide rings is 1. The van der Waals surface area contributed by atoms with Gasteiger partial charge in [0.15, 0.2) is 0 Å². The Morgan fingerprint density at radius 1 is 1.70 bits per heavy atom. The molecule has 52 valence electrons. The van der Waals surface area contributed by atoms with Crippen molar-refractivity contribution in [3.8, 4) is 0 Å². The lowest BCUT2D eigenvalue weighted by Crippen LogP contribution is -1.82. The molecule has 0 aliphatic carbocycles. The molecule has 0 spiro atoms. The van der Waals surface area contributed by atoms with E-state index in [2.05, 4.69) is 20.9 Å². The van der Waals surface area contributed by atoms with Gasteiger partial charge in [0.05, 0.1) is 6.61 Å². The van der Waals surface area contributed by atoms with Gasteiger partial charge in [0.2, 0.25) is 0 Å². The van der Waals surface area contributed by atoms with Crippen LogP contribution in [0.25, 0.3) is 0 Å². The van der Waals surface area contributed by atoms with Crippen LogP contribution in [-0.2, 0) is 4.74 Å². The Morgan fingerprint density at radius 2 is 2.50 bits per heavy atom. The summed E-state index contributed by atoms with van der Waals surface area (Å²) >= 11 is 3.39. The number of aromatic nitrogens is 1. The molecule has 2 rings (SSSR count). The maximum atomic E-state index is 5.12. The number of rotatable bonds is 1. The zero-order valence-electron chi connectivity index (χ0n) is 5.25. The molecule has 2 nitrogen and oxygen atoms in total. The molecule has 1 atom stereocenters. The lowest BCUT2D eigenvalue weighted by molar-refractivity contribution is 0.415. The van der Waals surface area contributed by atoms with Crippen molar-refractivity contribution in [1.29, 1.82) is 0 Å². The summed E-state index contributed by atoms with van der Waals surface area (Å²) in [6.45, 7) is 0.850. The van der Waals surface area contributed by atoms with Crippen LogP contribution in [0.4, 0.5) is 0 Å². The fraction of sp³-hybridized carbons (Fsp3) is 0.286. The Labute approximate surface area is 67.4 Å². The van der Waals surface area contributed by atoms with E-state index in [0.717, 1.165) is 11.1 Å². The quantitative estimate of drug-likeness (QED) is 0.647. The van der Waals surface area contributed by atoms with Gasteiger partial charge in [0.1, 0.15) is 6.10 Å². The summed E-state index contributed by atoms with van der Waals surface area (Å²) in [5.41, 5.74) is 1.20. The molecular weight excluding hydrogens is 194 g/mol. The minimum atomic E-state index is 0.317. The Kier molecular flexibility index (Phi) is 1.47. The van der Waals surface area contributed by atoms with Gasteiger partial charge in [-0.05, 0) is 22.0 Å². The molecule has 3 heteroatoms. The van der Waals surface area contributed by atoms with Crippen molar-refractivity contribution in [2.24, 2.45) is 0 Å². The van der Waals surface area contributed by atoms with Crippen LogP contribution in [0.2, 0.25) is 0 Å². The number of pyridine rings is 1. The van der Waals surface area contributed by atoms with Crippen LogP contribution in [0.3, 0.4) is 0 Å². The summed E-state index contributed by atoms with van der Waals surface area (Å²) in [4.78, 5) is 3.95. The van der Waals surface area contributed by atoms with Gasteiger partial charge in [0, 0.05) is 22.4 Å². The molecule has 1 saturated heterocycles. The van der Waals surface area contributed by atoms with E-state index in [1.165, 1.54) is 5.56 Å². The van der Waals surface area contributed by atoms with Crippen molar-refractivity contribution < 1.29 is 4.74 Å². The summed E-state index contributed by atoms with van der Waals surface area (Å²) in [7, 11) is 0. The molecule has 2 heterocycles. The molecule has 1 aliphatic heterocycles. The van der Waals surface area contributed by atoms with Gasteiger partial charge in [-0.3, -0.25) is 4.98 Å². The molecule has 1 fully saturated rings. The van der Waals surface area contributed by atoms with Crippen LogP contribution in [0.5, 0.6) is 0 Å². The molecule has 1 aliphatic rings. The van der Waals surface area contributed by atoms with Gasteiger partial charge in [-0.2, -0.15) is 0 Å². The van der Waals surface area contributed by atoms with Crippen molar-refractivity contribution in [3.05, 3.63) is 28.5 Å². The zero-order chi connectivity index (χ0) is 6.97. The standard InChI is InChI=1S/C7H6BrNO/c8-6-3-9-2-1-5(6)7-4-10-7/h1-3,7H,4H2. The highest BCUT2D eigenvalue weighted by molar-refractivity contribution is 9.10. The van der Waals surface area contributed by atoms with Crippen LogP contribution in [0, 0.1) is 0 Å². The molecule has 0 radical (unpaired) electrons. The summed E-state index contributed by atoms with van der Waals surface area (Å²) < 4.78 is 6.16. The molecule has 1 aromatic rings. The van der Waals surface area contributed by atoms with Gasteiger partial charge < -0.3 is 4.74 Å². The van der Waals surface area contributed by atoms with Crippen LogP contribution < -0.4 is 0 Å². The minimum Gasteiger partial charge on any atom is -0.368 e. The Hall–Kier alpha value is -0.410. The van der Waals surface area contributed by atoms with E-state index in [1.54, 1.807) is 12.4 Å². The molecule has 0 bridgehead atoms. The molecular formula is C7H6BrNO. The van der Waals surface area contributed by atoms with Crippen molar-refractivity contribution in [2.75, 3.05) is 6.61 Å². The van der Waals surface area contributed by atoms with Crippen molar-refractivity contribution in [2.45, 2.75) is 6.10 Å². The summed E-state index contributed by atoms with van der Waals surface area (Å²) in [5, 5.41) is 0. The third kappa shape index (κ3) is 1.07. The lowest BCUT2D eigenvalue weighted by atomic mass is 10.2. The molecule has 0 amide bonds. The van der Waals surface area contributed by atoms with E-state index in [9.17, 15) is 0 Å². The van der Waals surface area contributed by atoms with E-state index in [1.807, 2.05) is 6.07 Å². The highest BCUT2D eigenvalue weighted by atomic mass is 79.9. The lowest BCUT2D eigenvalue weighted by Gasteiger charge is -1.95. The second-order valence-electron chi connectivity index (χ2n) is 2.22. The third-order valence-corrected chi connectivity index (χ3v) is 2.15. The van der Waals surface area contributed by atoms with Gasteiger partial charge in [-0.15, -0.1) is 0 Å². The molecule has 10 heavy (non-hydrogen) atoms. The SMILES string of the molecule is Brc1cnccc1C1CO1. The van der Waals surface area contributed by atoms with Gasteiger partial charge in [-0.25, -0.2) is 0 Å². The number of nitrogens with zero attached hydrogens (tertiary/aromatic N) is 1. The predicted octanol–water partition coefficient (Wildman–Crippen LogP) is 1.92. The van der Waals surface area contributed by atoms with E-state index in [4.69, 9.17) is 4.74 Å². The van der Waals surface area contributed by atoms with Crippen LogP contribution in [-0.4, -0.2) is 11.6 Å². The van der Waals surface area contributed by atoms with Gasteiger partial charge in [0.25, 0.3) is 0 Å². The fourth-order valence-electron chi connectivity index (χ4n) is 0.875. The van der Waals surface area contributed by atoms with E-state index in [0.29, 0.717) is 6.10 Å². The first-order valence-corrected chi connectivity index (χ1v) is 3.88. The van der Waals surface area contributed by atoms with Crippen LogP contribution in [0.1, 0.15) is 11.7 Å². The molecule has 1 unspecified atom stereocenters. The molecule has 0 saturated carbocycles. The second-order valence-corrected chi connectivity index (χ2v) is 3.07. The summed E-state index contributed by atoms with van der Waals surface area (Å²) in [6.07, 6.45) is 3.89. The first-order chi connectivity index (χ1) is 4.88. The van der Waals surface area contributed by atoms with E-state index in [-0.39, 0.29) is 0 Å². The molecule has 0 N–H and O–H groups in total. The topological polar surface area (TPSA) is 25.4 Å².